The summed E-state index contributed by atoms with van der Waals surface area (Å²) in [6.07, 6.45) is 0. The molecule has 3 aromatic rings. The molecule has 0 aliphatic heterocycles. The number of amides is 1. The van der Waals surface area contributed by atoms with Gasteiger partial charge in [0, 0.05) is 16.8 Å². The Hall–Kier alpha value is -2.53. The molecule has 0 saturated heterocycles. The van der Waals surface area contributed by atoms with E-state index < -0.39 is 0 Å². The van der Waals surface area contributed by atoms with Crippen LogP contribution in [-0.2, 0) is 4.79 Å². The molecule has 21 heavy (non-hydrogen) atoms. The Balaban J connectivity index is 2.12. The second-order valence-electron chi connectivity index (χ2n) is 4.73. The number of rotatable bonds is 4. The summed E-state index contributed by atoms with van der Waals surface area (Å²) in [6.45, 7) is 0.237. The summed E-state index contributed by atoms with van der Waals surface area (Å²) in [5.74, 6) is 0.477. The predicted octanol–water partition coefficient (Wildman–Crippen LogP) is 2.75. The van der Waals surface area contributed by atoms with Crippen molar-refractivity contribution in [1.29, 1.82) is 0 Å². The van der Waals surface area contributed by atoms with Crippen LogP contribution in [-0.4, -0.2) is 26.6 Å². The molecule has 0 aliphatic rings. The molecule has 1 heterocycles. The van der Waals surface area contributed by atoms with Crippen molar-refractivity contribution in [2.75, 3.05) is 26.0 Å². The van der Waals surface area contributed by atoms with Gasteiger partial charge in [-0.05, 0) is 19.2 Å². The Labute approximate surface area is 121 Å². The number of nitrogens with one attached hydrogen (secondary N) is 2. The predicted molar refractivity (Wildman–Crippen MR) is 82.8 cm³/mol. The van der Waals surface area contributed by atoms with E-state index >= 15 is 0 Å². The summed E-state index contributed by atoms with van der Waals surface area (Å²) in [7, 11) is 3.30. The zero-order valence-electron chi connectivity index (χ0n) is 11.9. The van der Waals surface area contributed by atoms with Gasteiger partial charge in [-0.1, -0.05) is 18.2 Å². The minimum Gasteiger partial charge on any atom is -0.495 e. The fraction of sp³-hybridized carbons (Fsp3) is 0.188. The highest BCUT2D eigenvalue weighted by atomic mass is 16.5. The van der Waals surface area contributed by atoms with E-state index in [0.29, 0.717) is 11.4 Å². The molecule has 2 aromatic carbocycles. The maximum Gasteiger partial charge on any atom is 0.238 e. The molecule has 0 unspecified atom stereocenters. The van der Waals surface area contributed by atoms with Gasteiger partial charge in [0.2, 0.25) is 5.91 Å². The van der Waals surface area contributed by atoms with Crippen molar-refractivity contribution in [3.8, 4) is 5.75 Å². The topological polar surface area (TPSA) is 63.5 Å². The van der Waals surface area contributed by atoms with Crippen molar-refractivity contribution in [2.45, 2.75) is 0 Å². The van der Waals surface area contributed by atoms with E-state index in [0.717, 1.165) is 21.9 Å². The molecule has 2 N–H and O–H groups in total. The molecule has 0 atom stereocenters. The van der Waals surface area contributed by atoms with Gasteiger partial charge in [-0.25, -0.2) is 0 Å². The lowest BCUT2D eigenvalue weighted by Crippen LogP contribution is -2.25. The minimum absolute atomic E-state index is 0.133. The van der Waals surface area contributed by atoms with Crippen LogP contribution in [0, 0.1) is 0 Å². The van der Waals surface area contributed by atoms with Crippen LogP contribution < -0.4 is 15.4 Å². The fourth-order valence-electron chi connectivity index (χ4n) is 2.37. The van der Waals surface area contributed by atoms with E-state index in [1.165, 1.54) is 0 Å². The van der Waals surface area contributed by atoms with Gasteiger partial charge in [0.05, 0.1) is 19.3 Å². The molecule has 0 bridgehead atoms. The number of benzene rings is 2. The van der Waals surface area contributed by atoms with Crippen LogP contribution in [0.4, 0.5) is 5.69 Å². The maximum absolute atomic E-state index is 11.7. The molecule has 0 spiro atoms. The van der Waals surface area contributed by atoms with E-state index in [1.54, 1.807) is 20.2 Å². The number of likely N-dealkylation sites (N-methyl/N-ethyl adjacent to an activating group) is 1. The van der Waals surface area contributed by atoms with Crippen LogP contribution in [0.15, 0.2) is 40.8 Å². The Morgan fingerprint density at radius 3 is 2.76 bits per heavy atom. The number of furan rings is 1. The van der Waals surface area contributed by atoms with Gasteiger partial charge in [-0.2, -0.15) is 0 Å². The minimum atomic E-state index is -0.133. The van der Waals surface area contributed by atoms with Gasteiger partial charge in [0.25, 0.3) is 0 Å². The van der Waals surface area contributed by atoms with Crippen molar-refractivity contribution in [3.63, 3.8) is 0 Å². The van der Waals surface area contributed by atoms with E-state index in [4.69, 9.17) is 9.15 Å². The van der Waals surface area contributed by atoms with Gasteiger partial charge in [-0.15, -0.1) is 0 Å². The lowest BCUT2D eigenvalue weighted by atomic mass is 10.1. The lowest BCUT2D eigenvalue weighted by Gasteiger charge is -2.10. The van der Waals surface area contributed by atoms with E-state index in [-0.39, 0.29) is 12.5 Å². The summed E-state index contributed by atoms with van der Waals surface area (Å²) in [4.78, 5) is 11.7. The second-order valence-corrected chi connectivity index (χ2v) is 4.73. The van der Waals surface area contributed by atoms with Crippen molar-refractivity contribution < 1.29 is 13.9 Å². The molecule has 0 aliphatic carbocycles. The molecule has 1 amide bonds. The van der Waals surface area contributed by atoms with Gasteiger partial charge in [0.15, 0.2) is 0 Å². The monoisotopic (exact) mass is 284 g/mol. The number of hydrogen-bond donors (Lipinski definition) is 2. The molecule has 1 aromatic heterocycles. The quantitative estimate of drug-likeness (QED) is 0.773. The molecule has 3 rings (SSSR count). The first-order valence-corrected chi connectivity index (χ1v) is 6.66. The smallest absolute Gasteiger partial charge is 0.238 e. The fourth-order valence-corrected chi connectivity index (χ4v) is 2.37. The highest BCUT2D eigenvalue weighted by Gasteiger charge is 2.13. The standard InChI is InChI=1S/C16H16N2O3/c1-17-9-16(19)18-12-8-14-11(7-15(12)20-2)10-5-3-4-6-13(10)21-14/h3-8,17H,9H2,1-2H3,(H,18,19). The Kier molecular flexibility index (Phi) is 3.50. The molecular weight excluding hydrogens is 268 g/mol. The summed E-state index contributed by atoms with van der Waals surface area (Å²) in [6, 6.07) is 11.5. The molecule has 108 valence electrons. The third-order valence-electron chi connectivity index (χ3n) is 3.31. The molecular formula is C16H16N2O3. The largest absolute Gasteiger partial charge is 0.495 e. The number of anilines is 1. The van der Waals surface area contributed by atoms with E-state index in [9.17, 15) is 4.79 Å². The molecule has 5 nitrogen and oxygen atoms in total. The lowest BCUT2D eigenvalue weighted by molar-refractivity contribution is -0.115. The summed E-state index contributed by atoms with van der Waals surface area (Å²) in [5, 5.41) is 7.61. The number of para-hydroxylation sites is 1. The summed E-state index contributed by atoms with van der Waals surface area (Å²) in [5.41, 5.74) is 2.13. The first-order chi connectivity index (χ1) is 10.2. The normalized spacial score (nSPS) is 11.0. The number of ether oxygens (including phenoxy) is 1. The Bertz CT molecular complexity index is 808. The zero-order chi connectivity index (χ0) is 14.8. The number of carbonyl (C=O) groups is 1. The van der Waals surface area contributed by atoms with Crippen LogP contribution in [0.3, 0.4) is 0 Å². The van der Waals surface area contributed by atoms with Crippen LogP contribution in [0.2, 0.25) is 0 Å². The first kappa shape index (κ1) is 13.5. The average molecular weight is 284 g/mol. The highest BCUT2D eigenvalue weighted by molar-refractivity contribution is 6.07. The van der Waals surface area contributed by atoms with E-state index in [1.807, 2.05) is 30.3 Å². The van der Waals surface area contributed by atoms with Crippen LogP contribution in [0.25, 0.3) is 21.9 Å². The molecule has 0 radical (unpaired) electrons. The van der Waals surface area contributed by atoms with Crippen molar-refractivity contribution in [3.05, 3.63) is 36.4 Å². The Morgan fingerprint density at radius 1 is 1.19 bits per heavy atom. The second kappa shape index (κ2) is 5.46. The number of fused-ring (bicyclic) bond motifs is 3. The van der Waals surface area contributed by atoms with Crippen LogP contribution in [0.1, 0.15) is 0 Å². The number of hydrogen-bond acceptors (Lipinski definition) is 4. The summed E-state index contributed by atoms with van der Waals surface area (Å²) < 4.78 is 11.2. The van der Waals surface area contributed by atoms with Gasteiger partial charge < -0.3 is 19.8 Å². The third kappa shape index (κ3) is 2.43. The van der Waals surface area contributed by atoms with Crippen LogP contribution in [0.5, 0.6) is 5.75 Å². The number of methoxy groups -OCH3 is 1. The number of carbonyl (C=O) groups excluding carboxylic acids is 1. The van der Waals surface area contributed by atoms with E-state index in [2.05, 4.69) is 10.6 Å². The van der Waals surface area contributed by atoms with Gasteiger partial charge >= 0.3 is 0 Å². The van der Waals surface area contributed by atoms with Crippen molar-refractivity contribution in [1.82, 2.24) is 5.32 Å². The first-order valence-electron chi connectivity index (χ1n) is 6.66. The maximum atomic E-state index is 11.7. The van der Waals surface area contributed by atoms with Crippen molar-refractivity contribution >= 4 is 33.5 Å². The zero-order valence-corrected chi connectivity index (χ0v) is 11.9. The third-order valence-corrected chi connectivity index (χ3v) is 3.31. The van der Waals surface area contributed by atoms with Gasteiger partial charge in [-0.3, -0.25) is 4.79 Å². The Morgan fingerprint density at radius 2 is 2.00 bits per heavy atom. The highest BCUT2D eigenvalue weighted by Crippen LogP contribution is 2.36. The van der Waals surface area contributed by atoms with Gasteiger partial charge in [0.1, 0.15) is 16.9 Å². The summed E-state index contributed by atoms with van der Waals surface area (Å²) >= 11 is 0. The SMILES string of the molecule is CNCC(=O)Nc1cc2oc3ccccc3c2cc1OC. The van der Waals surface area contributed by atoms with Crippen LogP contribution >= 0.6 is 0 Å². The average Bonchev–Trinajstić information content (AvgIpc) is 2.84. The van der Waals surface area contributed by atoms with Crippen molar-refractivity contribution in [2.24, 2.45) is 0 Å². The molecule has 5 heteroatoms. The molecule has 0 fully saturated rings. The molecule has 0 saturated carbocycles.